The summed E-state index contributed by atoms with van der Waals surface area (Å²) in [6.07, 6.45) is 5.06. The third kappa shape index (κ3) is 5.07. The van der Waals surface area contributed by atoms with Crippen LogP contribution in [0.15, 0.2) is 47.9 Å². The number of nitrogens with zero attached hydrogens (tertiary/aromatic N) is 3. The Morgan fingerprint density at radius 3 is 2.92 bits per heavy atom. The molecule has 2 heterocycles. The topological polar surface area (TPSA) is 80.5 Å². The fraction of sp³-hybridized carbons (Fsp3) is 0.389. The Kier molecular flexibility index (Phi) is 5.66. The molecule has 0 aliphatic carbocycles. The number of rotatable bonds is 7. The first-order valence-corrected chi connectivity index (χ1v) is 8.49. The van der Waals surface area contributed by atoms with E-state index >= 15 is 0 Å². The van der Waals surface area contributed by atoms with Crippen molar-refractivity contribution >= 4 is 11.7 Å². The van der Waals surface area contributed by atoms with Crippen molar-refractivity contribution in [1.82, 2.24) is 20.4 Å². The summed E-state index contributed by atoms with van der Waals surface area (Å²) >= 11 is 0. The monoisotopic (exact) mass is 341 g/mol. The van der Waals surface area contributed by atoms with Crippen molar-refractivity contribution in [1.29, 1.82) is 0 Å². The molecule has 7 heteroatoms. The Balaban J connectivity index is 1.31. The van der Waals surface area contributed by atoms with Gasteiger partial charge in [-0.15, -0.1) is 0 Å². The van der Waals surface area contributed by atoms with Crippen molar-refractivity contribution in [2.24, 2.45) is 5.16 Å². The lowest BCUT2D eigenvalue weighted by molar-refractivity contribution is 0.0865. The number of urea groups is 1. The number of aryl methyl sites for hydroxylation is 2. The molecule has 0 saturated heterocycles. The molecule has 0 bridgehead atoms. The van der Waals surface area contributed by atoms with Crippen molar-refractivity contribution in [2.75, 3.05) is 13.1 Å². The molecule has 0 unspecified atom stereocenters. The van der Waals surface area contributed by atoms with Crippen LogP contribution in [0.25, 0.3) is 0 Å². The van der Waals surface area contributed by atoms with Crippen molar-refractivity contribution in [2.45, 2.75) is 32.4 Å². The molecule has 0 saturated carbocycles. The van der Waals surface area contributed by atoms with E-state index in [1.807, 2.05) is 29.1 Å². The highest BCUT2D eigenvalue weighted by Gasteiger charge is 2.22. The third-order valence-electron chi connectivity index (χ3n) is 4.02. The predicted octanol–water partition coefficient (Wildman–Crippen LogP) is 2.07. The summed E-state index contributed by atoms with van der Waals surface area (Å²) in [6, 6.07) is 9.89. The number of oxime groups is 1. The van der Waals surface area contributed by atoms with E-state index < -0.39 is 0 Å². The highest BCUT2D eigenvalue weighted by atomic mass is 16.6. The molecule has 2 amide bonds. The van der Waals surface area contributed by atoms with E-state index in [4.69, 9.17) is 4.84 Å². The lowest BCUT2D eigenvalue weighted by atomic mass is 10.0. The average Bonchev–Trinajstić information content (AvgIpc) is 3.29. The van der Waals surface area contributed by atoms with Crippen molar-refractivity contribution < 1.29 is 9.63 Å². The zero-order chi connectivity index (χ0) is 17.5. The van der Waals surface area contributed by atoms with Gasteiger partial charge in [-0.25, -0.2) is 4.79 Å². The lowest BCUT2D eigenvalue weighted by Crippen LogP contribution is -2.40. The molecule has 0 radical (unpaired) electrons. The maximum absolute atomic E-state index is 11.8. The molecule has 25 heavy (non-hydrogen) atoms. The molecule has 1 aliphatic heterocycles. The van der Waals surface area contributed by atoms with E-state index in [2.05, 4.69) is 39.9 Å². The molecule has 3 rings (SSSR count). The first kappa shape index (κ1) is 17.0. The zero-order valence-corrected chi connectivity index (χ0v) is 14.3. The van der Waals surface area contributed by atoms with Gasteiger partial charge in [-0.2, -0.15) is 5.10 Å². The number of benzene rings is 1. The summed E-state index contributed by atoms with van der Waals surface area (Å²) in [6.45, 7) is 3.87. The quantitative estimate of drug-likeness (QED) is 0.757. The summed E-state index contributed by atoms with van der Waals surface area (Å²) in [5, 5.41) is 13.9. The van der Waals surface area contributed by atoms with Gasteiger partial charge in [0, 0.05) is 31.9 Å². The number of hydrogen-bond donors (Lipinski definition) is 2. The second-order valence-corrected chi connectivity index (χ2v) is 6.10. The normalized spacial score (nSPS) is 16.2. The van der Waals surface area contributed by atoms with E-state index in [1.165, 1.54) is 5.56 Å². The highest BCUT2D eigenvalue weighted by molar-refractivity contribution is 6.01. The van der Waals surface area contributed by atoms with Crippen LogP contribution in [0.3, 0.4) is 0 Å². The molecule has 2 aromatic rings. The van der Waals surface area contributed by atoms with Gasteiger partial charge in [0.15, 0.2) is 6.10 Å². The Morgan fingerprint density at radius 2 is 2.16 bits per heavy atom. The summed E-state index contributed by atoms with van der Waals surface area (Å²) in [5.74, 6) is 0. The highest BCUT2D eigenvalue weighted by Crippen LogP contribution is 2.16. The number of amides is 2. The molecule has 132 valence electrons. The Labute approximate surface area is 147 Å². The average molecular weight is 341 g/mol. The number of carbonyl (C=O) groups excluding carboxylic acids is 1. The van der Waals surface area contributed by atoms with Crippen LogP contribution in [-0.2, 0) is 11.4 Å². The van der Waals surface area contributed by atoms with Crippen LogP contribution < -0.4 is 10.6 Å². The van der Waals surface area contributed by atoms with Crippen LogP contribution in [0.4, 0.5) is 4.79 Å². The Hall–Kier alpha value is -2.83. The first-order valence-electron chi connectivity index (χ1n) is 8.49. The zero-order valence-electron chi connectivity index (χ0n) is 14.3. The fourth-order valence-electron chi connectivity index (χ4n) is 2.60. The molecule has 1 aromatic carbocycles. The number of carbonyl (C=O) groups is 1. The van der Waals surface area contributed by atoms with Crippen LogP contribution >= 0.6 is 0 Å². The maximum Gasteiger partial charge on any atom is 0.314 e. The van der Waals surface area contributed by atoms with Gasteiger partial charge in [0.2, 0.25) is 0 Å². The van der Waals surface area contributed by atoms with Gasteiger partial charge in [0.25, 0.3) is 0 Å². The summed E-state index contributed by atoms with van der Waals surface area (Å²) < 4.78 is 1.84. The van der Waals surface area contributed by atoms with Gasteiger partial charge in [-0.05, 0) is 25.0 Å². The van der Waals surface area contributed by atoms with Gasteiger partial charge in [-0.1, -0.05) is 35.0 Å². The van der Waals surface area contributed by atoms with Crippen LogP contribution in [0.1, 0.15) is 24.0 Å². The molecule has 0 spiro atoms. The fourth-order valence-corrected chi connectivity index (χ4v) is 2.60. The maximum atomic E-state index is 11.8. The van der Waals surface area contributed by atoms with Gasteiger partial charge >= 0.3 is 6.03 Å². The van der Waals surface area contributed by atoms with Gasteiger partial charge in [0.05, 0.1) is 12.3 Å². The molecular weight excluding hydrogens is 318 g/mol. The minimum atomic E-state index is -0.187. The standard InChI is InChI=1S/C18H23N5O2/c1-14-4-6-15(7-5-14)17-12-16(25-22-17)13-20-18(24)19-8-2-10-23-11-3-9-21-23/h3-7,9,11,16H,2,8,10,12-13H2,1H3,(H2,19,20,24)/t16-/m0/s1. The van der Waals surface area contributed by atoms with Gasteiger partial charge in [0.1, 0.15) is 0 Å². The van der Waals surface area contributed by atoms with Crippen LogP contribution in [0.2, 0.25) is 0 Å². The first-order chi connectivity index (χ1) is 12.2. The molecule has 0 fully saturated rings. The smallest absolute Gasteiger partial charge is 0.314 e. The number of hydrogen-bond acceptors (Lipinski definition) is 4. The van der Waals surface area contributed by atoms with Crippen molar-refractivity contribution in [3.05, 3.63) is 53.9 Å². The van der Waals surface area contributed by atoms with Crippen LogP contribution in [0, 0.1) is 6.92 Å². The SMILES string of the molecule is Cc1ccc(C2=NO[C@H](CNC(=O)NCCCn3cccn3)C2)cc1. The number of aromatic nitrogens is 2. The molecule has 1 atom stereocenters. The molecule has 2 N–H and O–H groups in total. The Morgan fingerprint density at radius 1 is 1.32 bits per heavy atom. The largest absolute Gasteiger partial charge is 0.390 e. The number of nitrogens with one attached hydrogen (secondary N) is 2. The van der Waals surface area contributed by atoms with E-state index in [0.717, 1.165) is 24.2 Å². The molecule has 1 aromatic heterocycles. The minimum absolute atomic E-state index is 0.119. The third-order valence-corrected chi connectivity index (χ3v) is 4.02. The predicted molar refractivity (Wildman–Crippen MR) is 95.5 cm³/mol. The minimum Gasteiger partial charge on any atom is -0.390 e. The molecule has 1 aliphatic rings. The Bertz CT molecular complexity index is 710. The summed E-state index contributed by atoms with van der Waals surface area (Å²) in [7, 11) is 0. The van der Waals surface area contributed by atoms with Gasteiger partial charge in [-0.3, -0.25) is 4.68 Å². The van der Waals surface area contributed by atoms with Gasteiger partial charge < -0.3 is 15.5 Å². The van der Waals surface area contributed by atoms with Crippen molar-refractivity contribution in [3.8, 4) is 0 Å². The van der Waals surface area contributed by atoms with E-state index in [1.54, 1.807) is 6.20 Å². The summed E-state index contributed by atoms with van der Waals surface area (Å²) in [4.78, 5) is 17.2. The van der Waals surface area contributed by atoms with Crippen LogP contribution in [-0.4, -0.2) is 40.7 Å². The van der Waals surface area contributed by atoms with E-state index in [0.29, 0.717) is 19.5 Å². The second-order valence-electron chi connectivity index (χ2n) is 6.10. The van der Waals surface area contributed by atoms with E-state index in [-0.39, 0.29) is 12.1 Å². The lowest BCUT2D eigenvalue weighted by Gasteiger charge is -2.11. The van der Waals surface area contributed by atoms with Crippen molar-refractivity contribution in [3.63, 3.8) is 0 Å². The second kappa shape index (κ2) is 8.32. The van der Waals surface area contributed by atoms with E-state index in [9.17, 15) is 4.79 Å². The molecular formula is C18H23N5O2. The summed E-state index contributed by atoms with van der Waals surface area (Å²) in [5.41, 5.74) is 3.20. The molecule has 7 nitrogen and oxygen atoms in total. The van der Waals surface area contributed by atoms with Crippen LogP contribution in [0.5, 0.6) is 0 Å².